The summed E-state index contributed by atoms with van der Waals surface area (Å²) < 4.78 is 5.45. The molecular weight excluding hydrogens is 360 g/mol. The molecule has 0 bridgehead atoms. The largest absolute Gasteiger partial charge is 0.384 e. The van der Waals surface area contributed by atoms with Crippen LogP contribution >= 0.6 is 23.4 Å². The van der Waals surface area contributed by atoms with E-state index in [4.69, 9.17) is 27.8 Å². The SMILES string of the molecule is CC1COCCN1c1cc(N)nc(-c2cc(N)nc(Cl)c2)n1.CSC. The van der Waals surface area contributed by atoms with Crippen molar-refractivity contribution in [2.75, 3.05) is 48.6 Å². The van der Waals surface area contributed by atoms with Crippen molar-refractivity contribution in [1.82, 2.24) is 15.0 Å². The molecule has 0 aromatic carbocycles. The summed E-state index contributed by atoms with van der Waals surface area (Å²) in [5.41, 5.74) is 12.4. The molecule has 1 atom stereocenters. The molecule has 9 heteroatoms. The smallest absolute Gasteiger partial charge is 0.164 e. The predicted octanol–water partition coefficient (Wildman–Crippen LogP) is 2.56. The highest BCUT2D eigenvalue weighted by Gasteiger charge is 2.21. The van der Waals surface area contributed by atoms with Gasteiger partial charge in [0.15, 0.2) is 5.82 Å². The van der Waals surface area contributed by atoms with Crippen molar-refractivity contribution in [2.24, 2.45) is 0 Å². The number of pyridine rings is 1. The standard InChI is InChI=1S/C14H17ClN6O.C2H6S/c1-8-7-22-3-2-21(8)13-6-12(17)19-14(20-13)9-4-10(15)18-11(16)5-9;1-3-2/h4-6,8H,2-3,7H2,1H3,(H2,16,18)(H2,17,19,20);1-2H3. The Balaban J connectivity index is 0.000000701. The van der Waals surface area contributed by atoms with Gasteiger partial charge in [-0.3, -0.25) is 0 Å². The van der Waals surface area contributed by atoms with Gasteiger partial charge in [0.2, 0.25) is 0 Å². The maximum atomic E-state index is 5.95. The lowest BCUT2D eigenvalue weighted by atomic mass is 10.2. The summed E-state index contributed by atoms with van der Waals surface area (Å²) in [6, 6.07) is 5.33. The third-order valence-electron chi connectivity index (χ3n) is 3.47. The number of morpholine rings is 1. The number of ether oxygens (including phenoxy) is 1. The zero-order valence-electron chi connectivity index (χ0n) is 14.6. The van der Waals surface area contributed by atoms with Gasteiger partial charge < -0.3 is 21.1 Å². The van der Waals surface area contributed by atoms with Crippen LogP contribution in [0.5, 0.6) is 0 Å². The molecule has 4 N–H and O–H groups in total. The van der Waals surface area contributed by atoms with Gasteiger partial charge in [-0.1, -0.05) is 11.6 Å². The maximum Gasteiger partial charge on any atom is 0.164 e. The van der Waals surface area contributed by atoms with Gasteiger partial charge in [0.05, 0.1) is 19.3 Å². The summed E-state index contributed by atoms with van der Waals surface area (Å²) in [6.07, 6.45) is 4.08. The summed E-state index contributed by atoms with van der Waals surface area (Å²) in [5, 5.41) is 0.294. The zero-order valence-corrected chi connectivity index (χ0v) is 16.1. The minimum absolute atomic E-state index is 0.224. The van der Waals surface area contributed by atoms with Crippen molar-refractivity contribution in [1.29, 1.82) is 0 Å². The molecule has 25 heavy (non-hydrogen) atoms. The highest BCUT2D eigenvalue weighted by Crippen LogP contribution is 2.26. The molecule has 1 aliphatic rings. The number of nitrogen functional groups attached to an aromatic ring is 2. The summed E-state index contributed by atoms with van der Waals surface area (Å²) in [7, 11) is 0. The molecule has 0 aliphatic carbocycles. The lowest BCUT2D eigenvalue weighted by molar-refractivity contribution is 0.0985. The summed E-state index contributed by atoms with van der Waals surface area (Å²) in [4.78, 5) is 15.0. The fourth-order valence-corrected chi connectivity index (χ4v) is 2.66. The van der Waals surface area contributed by atoms with Gasteiger partial charge in [-0.15, -0.1) is 0 Å². The van der Waals surface area contributed by atoms with Crippen LogP contribution in [-0.4, -0.2) is 53.3 Å². The highest BCUT2D eigenvalue weighted by molar-refractivity contribution is 7.97. The van der Waals surface area contributed by atoms with Gasteiger partial charge in [-0.2, -0.15) is 11.8 Å². The first-order valence-electron chi connectivity index (χ1n) is 7.77. The van der Waals surface area contributed by atoms with E-state index in [0.717, 1.165) is 12.4 Å². The molecule has 0 spiro atoms. The van der Waals surface area contributed by atoms with E-state index >= 15 is 0 Å². The van der Waals surface area contributed by atoms with E-state index in [0.29, 0.717) is 41.4 Å². The van der Waals surface area contributed by atoms with Crippen LogP contribution in [0.3, 0.4) is 0 Å². The molecule has 2 aromatic heterocycles. The Hall–Kier alpha value is -1.77. The average Bonchev–Trinajstić information content (AvgIpc) is 2.54. The number of anilines is 3. The van der Waals surface area contributed by atoms with Gasteiger partial charge in [0.1, 0.15) is 22.6 Å². The van der Waals surface area contributed by atoms with Gasteiger partial charge >= 0.3 is 0 Å². The molecule has 2 aromatic rings. The summed E-state index contributed by atoms with van der Waals surface area (Å²) in [6.45, 7) is 4.17. The van der Waals surface area contributed by atoms with Gasteiger partial charge in [-0.05, 0) is 31.6 Å². The first kappa shape index (κ1) is 19.6. The van der Waals surface area contributed by atoms with Gasteiger partial charge in [-0.25, -0.2) is 15.0 Å². The summed E-state index contributed by atoms with van der Waals surface area (Å²) >= 11 is 7.70. The molecule has 0 saturated carbocycles. The van der Waals surface area contributed by atoms with E-state index in [1.165, 1.54) is 0 Å². The maximum absolute atomic E-state index is 5.95. The number of aromatic nitrogens is 3. The van der Waals surface area contributed by atoms with E-state index in [1.807, 2.05) is 12.5 Å². The molecule has 1 fully saturated rings. The lowest BCUT2D eigenvalue weighted by Crippen LogP contribution is -2.44. The fourth-order valence-electron chi connectivity index (χ4n) is 2.44. The first-order valence-corrected chi connectivity index (χ1v) is 9.78. The number of nitrogens with zero attached hydrogens (tertiary/aromatic N) is 4. The van der Waals surface area contributed by atoms with E-state index < -0.39 is 0 Å². The number of hydrogen-bond acceptors (Lipinski definition) is 8. The van der Waals surface area contributed by atoms with Gasteiger partial charge in [0, 0.05) is 18.2 Å². The Kier molecular flexibility index (Phi) is 7.10. The van der Waals surface area contributed by atoms with Crippen LogP contribution in [-0.2, 0) is 4.74 Å². The number of nitrogens with two attached hydrogens (primary N) is 2. The Labute approximate surface area is 157 Å². The summed E-state index contributed by atoms with van der Waals surface area (Å²) in [5.74, 6) is 1.95. The molecular formula is C16H23ClN6OS. The van der Waals surface area contributed by atoms with E-state index in [2.05, 4.69) is 26.8 Å². The molecule has 136 valence electrons. The first-order chi connectivity index (χ1) is 11.9. The second-order valence-electron chi connectivity index (χ2n) is 5.60. The topological polar surface area (TPSA) is 103 Å². The fraction of sp³-hybridized carbons (Fsp3) is 0.438. The number of halogens is 1. The van der Waals surface area contributed by atoms with Crippen LogP contribution in [0.25, 0.3) is 11.4 Å². The number of rotatable bonds is 2. The quantitative estimate of drug-likeness (QED) is 0.764. The number of hydrogen-bond donors (Lipinski definition) is 2. The Morgan fingerprint density at radius 1 is 1.16 bits per heavy atom. The molecule has 3 heterocycles. The van der Waals surface area contributed by atoms with Crippen molar-refractivity contribution in [2.45, 2.75) is 13.0 Å². The molecule has 1 aliphatic heterocycles. The third-order valence-corrected chi connectivity index (χ3v) is 3.66. The normalized spacial score (nSPS) is 17.0. The average molecular weight is 383 g/mol. The highest BCUT2D eigenvalue weighted by atomic mass is 35.5. The van der Waals surface area contributed by atoms with Crippen LogP contribution in [0.2, 0.25) is 5.15 Å². The predicted molar refractivity (Wildman–Crippen MR) is 106 cm³/mol. The van der Waals surface area contributed by atoms with Crippen LogP contribution in [0.15, 0.2) is 18.2 Å². The zero-order chi connectivity index (χ0) is 18.4. The van der Waals surface area contributed by atoms with Crippen molar-refractivity contribution >= 4 is 40.8 Å². The van der Waals surface area contributed by atoms with Crippen LogP contribution < -0.4 is 16.4 Å². The van der Waals surface area contributed by atoms with E-state index in [-0.39, 0.29) is 6.04 Å². The van der Waals surface area contributed by atoms with Crippen molar-refractivity contribution < 1.29 is 4.74 Å². The van der Waals surface area contributed by atoms with E-state index in [9.17, 15) is 0 Å². The molecule has 0 radical (unpaired) electrons. The molecule has 0 amide bonds. The molecule has 1 unspecified atom stereocenters. The molecule has 1 saturated heterocycles. The molecule has 3 rings (SSSR count). The Morgan fingerprint density at radius 3 is 2.48 bits per heavy atom. The lowest BCUT2D eigenvalue weighted by Gasteiger charge is -2.34. The van der Waals surface area contributed by atoms with Crippen LogP contribution in [0.4, 0.5) is 17.5 Å². The van der Waals surface area contributed by atoms with Crippen LogP contribution in [0.1, 0.15) is 6.92 Å². The minimum atomic E-state index is 0.224. The van der Waals surface area contributed by atoms with Crippen molar-refractivity contribution in [3.8, 4) is 11.4 Å². The van der Waals surface area contributed by atoms with Crippen LogP contribution in [0, 0.1) is 0 Å². The minimum Gasteiger partial charge on any atom is -0.384 e. The Bertz CT molecular complexity index is 697. The monoisotopic (exact) mass is 382 g/mol. The second kappa shape index (κ2) is 9.07. The van der Waals surface area contributed by atoms with E-state index in [1.54, 1.807) is 30.0 Å². The van der Waals surface area contributed by atoms with Crippen molar-refractivity contribution in [3.63, 3.8) is 0 Å². The molecule has 7 nitrogen and oxygen atoms in total. The third kappa shape index (κ3) is 5.35. The van der Waals surface area contributed by atoms with Gasteiger partial charge in [0.25, 0.3) is 0 Å². The number of thioether (sulfide) groups is 1. The second-order valence-corrected chi connectivity index (χ2v) is 6.81. The Morgan fingerprint density at radius 2 is 1.84 bits per heavy atom. The van der Waals surface area contributed by atoms with Crippen molar-refractivity contribution in [3.05, 3.63) is 23.4 Å².